The number of benzene rings is 1. The van der Waals surface area contributed by atoms with Gasteiger partial charge in [0.05, 0.1) is 17.8 Å². The first kappa shape index (κ1) is 20.8. The molecule has 0 atom stereocenters. The summed E-state index contributed by atoms with van der Waals surface area (Å²) in [5, 5.41) is 5.42. The van der Waals surface area contributed by atoms with Crippen molar-refractivity contribution in [3.63, 3.8) is 0 Å². The molecule has 31 heavy (non-hydrogen) atoms. The van der Waals surface area contributed by atoms with E-state index in [1.807, 2.05) is 48.7 Å². The van der Waals surface area contributed by atoms with Crippen LogP contribution in [-0.4, -0.2) is 20.4 Å². The number of rotatable bonds is 7. The molecule has 4 aromatic rings. The number of anilines is 1. The maximum absolute atomic E-state index is 12.6. The van der Waals surface area contributed by atoms with Crippen LogP contribution in [0, 0.1) is 20.8 Å². The average molecular weight is 433 g/mol. The van der Waals surface area contributed by atoms with Crippen LogP contribution in [-0.2, 0) is 17.8 Å². The molecule has 0 fully saturated rings. The van der Waals surface area contributed by atoms with Crippen LogP contribution in [0.4, 0.5) is 5.13 Å². The number of amides is 1. The van der Waals surface area contributed by atoms with Gasteiger partial charge in [0, 0.05) is 34.4 Å². The Balaban J connectivity index is 1.46. The Kier molecular flexibility index (Phi) is 5.86. The van der Waals surface area contributed by atoms with E-state index in [9.17, 15) is 4.79 Å². The van der Waals surface area contributed by atoms with Crippen molar-refractivity contribution in [3.8, 4) is 22.7 Å². The zero-order chi connectivity index (χ0) is 22.0. The molecule has 158 valence electrons. The lowest BCUT2D eigenvalue weighted by Crippen LogP contribution is -2.15. The van der Waals surface area contributed by atoms with E-state index >= 15 is 0 Å². The number of carbonyl (C=O) groups is 1. The second kappa shape index (κ2) is 8.73. The number of thiazole rings is 1. The number of allylic oxidation sites excluding steroid dienone is 1. The van der Waals surface area contributed by atoms with E-state index < -0.39 is 0 Å². The first-order chi connectivity index (χ1) is 15.0. The second-order valence-electron chi connectivity index (χ2n) is 7.33. The molecule has 3 aromatic heterocycles. The standard InChI is InChI=1S/C24H24N4O2S/c1-5-11-28-15(2)12-19(16(28)3)21-14-31-24(26-21)27-22(29)13-20-17(4)30-23(25-20)18-9-7-6-8-10-18/h5-10,12,14H,1,11,13H2,2-4H3,(H,26,27,29). The first-order valence-corrected chi connectivity index (χ1v) is 10.9. The molecule has 4 rings (SSSR count). The van der Waals surface area contributed by atoms with E-state index in [2.05, 4.69) is 46.3 Å². The molecule has 7 heteroatoms. The number of hydrogen-bond acceptors (Lipinski definition) is 5. The second-order valence-corrected chi connectivity index (χ2v) is 8.19. The van der Waals surface area contributed by atoms with Gasteiger partial charge in [0.2, 0.25) is 11.8 Å². The fraction of sp³-hybridized carbons (Fsp3) is 0.208. The molecule has 1 N–H and O–H groups in total. The molecule has 0 bridgehead atoms. The van der Waals surface area contributed by atoms with E-state index in [-0.39, 0.29) is 12.3 Å². The summed E-state index contributed by atoms with van der Waals surface area (Å²) in [4.78, 5) is 21.7. The average Bonchev–Trinajstić information content (AvgIpc) is 3.43. The van der Waals surface area contributed by atoms with Crippen LogP contribution in [0.15, 0.2) is 58.9 Å². The van der Waals surface area contributed by atoms with Crippen molar-refractivity contribution in [1.82, 2.24) is 14.5 Å². The van der Waals surface area contributed by atoms with Crippen molar-refractivity contribution in [2.45, 2.75) is 33.7 Å². The van der Waals surface area contributed by atoms with Crippen LogP contribution in [0.5, 0.6) is 0 Å². The van der Waals surface area contributed by atoms with Crippen molar-refractivity contribution in [1.29, 1.82) is 0 Å². The van der Waals surface area contributed by atoms with Crippen LogP contribution in [0.25, 0.3) is 22.7 Å². The first-order valence-electron chi connectivity index (χ1n) is 10.0. The van der Waals surface area contributed by atoms with Crippen molar-refractivity contribution < 1.29 is 9.21 Å². The third kappa shape index (κ3) is 4.36. The summed E-state index contributed by atoms with van der Waals surface area (Å²) in [5.41, 5.74) is 5.72. The van der Waals surface area contributed by atoms with Gasteiger partial charge in [0.25, 0.3) is 0 Å². The number of oxazole rings is 1. The molecule has 0 aliphatic rings. The summed E-state index contributed by atoms with van der Waals surface area (Å²) in [7, 11) is 0. The summed E-state index contributed by atoms with van der Waals surface area (Å²) in [6.45, 7) is 10.5. The van der Waals surface area contributed by atoms with Gasteiger partial charge in [-0.25, -0.2) is 9.97 Å². The highest BCUT2D eigenvalue weighted by atomic mass is 32.1. The quantitative estimate of drug-likeness (QED) is 0.388. The van der Waals surface area contributed by atoms with E-state index in [4.69, 9.17) is 4.42 Å². The molecule has 0 saturated carbocycles. The summed E-state index contributed by atoms with van der Waals surface area (Å²) < 4.78 is 7.94. The van der Waals surface area contributed by atoms with Crippen molar-refractivity contribution >= 4 is 22.4 Å². The third-order valence-electron chi connectivity index (χ3n) is 5.15. The topological polar surface area (TPSA) is 73.0 Å². The van der Waals surface area contributed by atoms with Gasteiger partial charge in [-0.15, -0.1) is 17.9 Å². The molecular formula is C24H24N4O2S. The van der Waals surface area contributed by atoms with Gasteiger partial charge in [0.1, 0.15) is 5.76 Å². The van der Waals surface area contributed by atoms with E-state index in [1.54, 1.807) is 0 Å². The molecule has 0 radical (unpaired) electrons. The normalized spacial score (nSPS) is 10.9. The monoisotopic (exact) mass is 432 g/mol. The Hall–Kier alpha value is -3.45. The number of carbonyl (C=O) groups excluding carboxylic acids is 1. The van der Waals surface area contributed by atoms with Crippen molar-refractivity contribution in [3.05, 3.63) is 77.3 Å². The van der Waals surface area contributed by atoms with Gasteiger partial charge < -0.3 is 14.3 Å². The molecule has 0 aliphatic heterocycles. The fourth-order valence-corrected chi connectivity index (χ4v) is 4.26. The lowest BCUT2D eigenvalue weighted by molar-refractivity contribution is -0.115. The summed E-state index contributed by atoms with van der Waals surface area (Å²) in [6.07, 6.45) is 2.01. The maximum Gasteiger partial charge on any atom is 0.232 e. The Morgan fingerprint density at radius 1 is 1.23 bits per heavy atom. The zero-order valence-electron chi connectivity index (χ0n) is 17.8. The predicted molar refractivity (Wildman–Crippen MR) is 124 cm³/mol. The van der Waals surface area contributed by atoms with Crippen LogP contribution in [0.3, 0.4) is 0 Å². The summed E-state index contributed by atoms with van der Waals surface area (Å²) in [5.74, 6) is 0.991. The molecule has 0 unspecified atom stereocenters. The van der Waals surface area contributed by atoms with Crippen molar-refractivity contribution in [2.75, 3.05) is 5.32 Å². The number of nitrogens with zero attached hydrogens (tertiary/aromatic N) is 3. The van der Waals surface area contributed by atoms with Gasteiger partial charge >= 0.3 is 0 Å². The van der Waals surface area contributed by atoms with Gasteiger partial charge in [0.15, 0.2) is 5.13 Å². The highest BCUT2D eigenvalue weighted by Gasteiger charge is 2.17. The van der Waals surface area contributed by atoms with Crippen LogP contribution < -0.4 is 5.32 Å². The number of hydrogen-bond donors (Lipinski definition) is 1. The van der Waals surface area contributed by atoms with Crippen LogP contribution in [0.1, 0.15) is 22.8 Å². The molecule has 0 spiro atoms. The molecular weight excluding hydrogens is 408 g/mol. The lowest BCUT2D eigenvalue weighted by atomic mass is 10.2. The molecule has 3 heterocycles. The van der Waals surface area contributed by atoms with E-state index in [0.29, 0.717) is 22.5 Å². The minimum absolute atomic E-state index is 0.130. The smallest absolute Gasteiger partial charge is 0.232 e. The van der Waals surface area contributed by atoms with Gasteiger partial charge in [-0.1, -0.05) is 24.3 Å². The van der Waals surface area contributed by atoms with Gasteiger partial charge in [-0.3, -0.25) is 4.79 Å². The Morgan fingerprint density at radius 3 is 2.74 bits per heavy atom. The maximum atomic E-state index is 12.6. The summed E-state index contributed by atoms with van der Waals surface area (Å²) >= 11 is 1.41. The van der Waals surface area contributed by atoms with E-state index in [0.717, 1.165) is 34.8 Å². The fourth-order valence-electron chi connectivity index (χ4n) is 3.54. The Morgan fingerprint density at radius 2 is 2.00 bits per heavy atom. The molecule has 0 saturated heterocycles. The minimum Gasteiger partial charge on any atom is -0.441 e. The molecule has 1 aromatic carbocycles. The Bertz CT molecular complexity index is 1230. The highest BCUT2D eigenvalue weighted by molar-refractivity contribution is 7.14. The predicted octanol–water partition coefficient (Wildman–Crippen LogP) is 5.56. The summed E-state index contributed by atoms with van der Waals surface area (Å²) in [6, 6.07) is 11.8. The number of aromatic nitrogens is 3. The lowest BCUT2D eigenvalue weighted by Gasteiger charge is -2.05. The highest BCUT2D eigenvalue weighted by Crippen LogP contribution is 2.30. The zero-order valence-corrected chi connectivity index (χ0v) is 18.6. The SMILES string of the molecule is C=CCn1c(C)cc(-c2csc(NC(=O)Cc3nc(-c4ccccc4)oc3C)n2)c1C. The number of nitrogens with one attached hydrogen (secondary N) is 1. The minimum atomic E-state index is -0.172. The molecule has 1 amide bonds. The van der Waals surface area contributed by atoms with Gasteiger partial charge in [-0.05, 0) is 39.0 Å². The third-order valence-corrected chi connectivity index (χ3v) is 5.91. The van der Waals surface area contributed by atoms with Gasteiger partial charge in [-0.2, -0.15) is 0 Å². The van der Waals surface area contributed by atoms with E-state index in [1.165, 1.54) is 11.3 Å². The molecule has 6 nitrogen and oxygen atoms in total. The number of aryl methyl sites for hydroxylation is 2. The van der Waals surface area contributed by atoms with Crippen molar-refractivity contribution in [2.24, 2.45) is 0 Å². The van der Waals surface area contributed by atoms with Crippen LogP contribution in [0.2, 0.25) is 0 Å². The Labute approximate surface area is 185 Å². The van der Waals surface area contributed by atoms with Crippen LogP contribution >= 0.6 is 11.3 Å². The molecule has 0 aliphatic carbocycles. The largest absolute Gasteiger partial charge is 0.441 e.